The van der Waals surface area contributed by atoms with Gasteiger partial charge in [0.15, 0.2) is 11.5 Å². The monoisotopic (exact) mass is 341 g/mol. The van der Waals surface area contributed by atoms with E-state index >= 15 is 0 Å². The summed E-state index contributed by atoms with van der Waals surface area (Å²) in [5, 5.41) is 0. The standard InChI is InChI=1S/C19H23N3O3/c1-24-17-6-5-14(10-18(17)25-2)11-19(23)22-9-3-4-15(12-22)16-7-8-20-13-21-16/h5-8,10,13,15H,3-4,9,11-12H2,1-2H3/t15-/m1/s1. The molecule has 2 heterocycles. The normalized spacial score (nSPS) is 17.2. The lowest BCUT2D eigenvalue weighted by Crippen LogP contribution is -2.40. The van der Waals surface area contributed by atoms with Crippen LogP contribution in [0.15, 0.2) is 36.8 Å². The minimum Gasteiger partial charge on any atom is -0.493 e. The average molecular weight is 341 g/mol. The number of carbonyl (C=O) groups is 1. The number of likely N-dealkylation sites (tertiary alicyclic amines) is 1. The quantitative estimate of drug-likeness (QED) is 0.836. The number of hydrogen-bond acceptors (Lipinski definition) is 5. The molecule has 0 aliphatic carbocycles. The molecule has 25 heavy (non-hydrogen) atoms. The number of amides is 1. The number of benzene rings is 1. The minimum atomic E-state index is 0.131. The smallest absolute Gasteiger partial charge is 0.227 e. The van der Waals surface area contributed by atoms with E-state index in [2.05, 4.69) is 9.97 Å². The number of rotatable bonds is 5. The van der Waals surface area contributed by atoms with Crippen molar-refractivity contribution < 1.29 is 14.3 Å². The highest BCUT2D eigenvalue weighted by atomic mass is 16.5. The minimum absolute atomic E-state index is 0.131. The molecular weight excluding hydrogens is 318 g/mol. The highest BCUT2D eigenvalue weighted by Crippen LogP contribution is 2.29. The van der Waals surface area contributed by atoms with Crippen molar-refractivity contribution in [3.8, 4) is 11.5 Å². The van der Waals surface area contributed by atoms with Crippen molar-refractivity contribution in [3.63, 3.8) is 0 Å². The SMILES string of the molecule is COc1ccc(CC(=O)N2CCC[C@@H](c3ccncn3)C2)cc1OC. The Morgan fingerprint density at radius 2 is 2.08 bits per heavy atom. The van der Waals surface area contributed by atoms with Gasteiger partial charge < -0.3 is 14.4 Å². The summed E-state index contributed by atoms with van der Waals surface area (Å²) in [5.41, 5.74) is 1.94. The van der Waals surface area contributed by atoms with Crippen LogP contribution >= 0.6 is 0 Å². The second kappa shape index (κ2) is 7.96. The Morgan fingerprint density at radius 3 is 2.80 bits per heavy atom. The lowest BCUT2D eigenvalue weighted by molar-refractivity contribution is -0.131. The Morgan fingerprint density at radius 1 is 1.24 bits per heavy atom. The van der Waals surface area contributed by atoms with Crippen LogP contribution in [-0.2, 0) is 11.2 Å². The van der Waals surface area contributed by atoms with Gasteiger partial charge in [0, 0.05) is 30.9 Å². The van der Waals surface area contributed by atoms with Gasteiger partial charge in [-0.1, -0.05) is 6.07 Å². The summed E-state index contributed by atoms with van der Waals surface area (Å²) >= 11 is 0. The molecule has 0 unspecified atom stereocenters. The summed E-state index contributed by atoms with van der Waals surface area (Å²) in [4.78, 5) is 23.0. The van der Waals surface area contributed by atoms with Crippen molar-refractivity contribution in [2.24, 2.45) is 0 Å². The highest BCUT2D eigenvalue weighted by molar-refractivity contribution is 5.79. The molecule has 1 fully saturated rings. The number of aromatic nitrogens is 2. The fraction of sp³-hybridized carbons (Fsp3) is 0.421. The Bertz CT molecular complexity index is 721. The van der Waals surface area contributed by atoms with Crippen LogP contribution < -0.4 is 9.47 Å². The Hall–Kier alpha value is -2.63. The predicted octanol–water partition coefficient (Wildman–Crippen LogP) is 2.44. The molecule has 1 atom stereocenters. The summed E-state index contributed by atoms with van der Waals surface area (Å²) in [5.74, 6) is 1.72. The van der Waals surface area contributed by atoms with E-state index in [1.807, 2.05) is 29.2 Å². The third-order valence-corrected chi connectivity index (χ3v) is 4.60. The molecule has 0 saturated carbocycles. The molecule has 1 aromatic heterocycles. The number of ether oxygens (including phenoxy) is 2. The van der Waals surface area contributed by atoms with Crippen LogP contribution in [0, 0.1) is 0 Å². The predicted molar refractivity (Wildman–Crippen MR) is 93.8 cm³/mol. The van der Waals surface area contributed by atoms with E-state index in [-0.39, 0.29) is 11.8 Å². The molecule has 0 N–H and O–H groups in total. The lowest BCUT2D eigenvalue weighted by Gasteiger charge is -2.32. The molecule has 2 aromatic rings. The maximum atomic E-state index is 12.7. The first-order chi connectivity index (χ1) is 12.2. The molecule has 0 radical (unpaired) electrons. The fourth-order valence-corrected chi connectivity index (χ4v) is 3.26. The van der Waals surface area contributed by atoms with Crippen LogP contribution in [0.25, 0.3) is 0 Å². The molecule has 1 aromatic carbocycles. The second-order valence-corrected chi connectivity index (χ2v) is 6.18. The number of methoxy groups -OCH3 is 2. The molecular formula is C19H23N3O3. The van der Waals surface area contributed by atoms with Gasteiger partial charge in [-0.3, -0.25) is 4.79 Å². The van der Waals surface area contributed by atoms with Crippen molar-refractivity contribution in [2.45, 2.75) is 25.2 Å². The molecule has 6 nitrogen and oxygen atoms in total. The molecule has 0 bridgehead atoms. The zero-order valence-electron chi connectivity index (χ0n) is 14.6. The third kappa shape index (κ3) is 4.07. The molecule has 6 heteroatoms. The van der Waals surface area contributed by atoms with Crippen molar-refractivity contribution >= 4 is 5.91 Å². The summed E-state index contributed by atoms with van der Waals surface area (Å²) in [6, 6.07) is 7.54. The molecule has 1 aliphatic rings. The number of carbonyl (C=O) groups excluding carboxylic acids is 1. The van der Waals surface area contributed by atoms with E-state index < -0.39 is 0 Å². The molecule has 1 aliphatic heterocycles. The molecule has 3 rings (SSSR count). The van der Waals surface area contributed by atoms with E-state index in [1.165, 1.54) is 0 Å². The summed E-state index contributed by atoms with van der Waals surface area (Å²) < 4.78 is 10.6. The number of nitrogens with zero attached hydrogens (tertiary/aromatic N) is 3. The maximum Gasteiger partial charge on any atom is 0.227 e. The number of hydrogen-bond donors (Lipinski definition) is 0. The molecule has 1 saturated heterocycles. The summed E-state index contributed by atoms with van der Waals surface area (Å²) in [6.07, 6.45) is 5.73. The van der Waals surface area contributed by atoms with Gasteiger partial charge in [-0.25, -0.2) is 9.97 Å². The largest absolute Gasteiger partial charge is 0.493 e. The van der Waals surface area contributed by atoms with E-state index in [0.29, 0.717) is 24.5 Å². The first kappa shape index (κ1) is 17.2. The van der Waals surface area contributed by atoms with Crippen LogP contribution in [0.3, 0.4) is 0 Å². The van der Waals surface area contributed by atoms with Crippen LogP contribution in [0.1, 0.15) is 30.0 Å². The van der Waals surface area contributed by atoms with Gasteiger partial charge in [0.05, 0.1) is 20.6 Å². The second-order valence-electron chi connectivity index (χ2n) is 6.18. The van der Waals surface area contributed by atoms with Crippen LogP contribution in [0.4, 0.5) is 0 Å². The van der Waals surface area contributed by atoms with Gasteiger partial charge in [0.25, 0.3) is 0 Å². The van der Waals surface area contributed by atoms with Crippen LogP contribution in [0.5, 0.6) is 11.5 Å². The van der Waals surface area contributed by atoms with Gasteiger partial charge in [-0.15, -0.1) is 0 Å². The van der Waals surface area contributed by atoms with Crippen LogP contribution in [-0.4, -0.2) is 48.1 Å². The lowest BCUT2D eigenvalue weighted by atomic mass is 9.94. The van der Waals surface area contributed by atoms with Crippen molar-refractivity contribution in [1.82, 2.24) is 14.9 Å². The Kier molecular flexibility index (Phi) is 5.48. The zero-order chi connectivity index (χ0) is 17.6. The first-order valence-electron chi connectivity index (χ1n) is 8.46. The number of piperidine rings is 1. The fourth-order valence-electron chi connectivity index (χ4n) is 3.26. The molecule has 0 spiro atoms. The van der Waals surface area contributed by atoms with E-state index in [4.69, 9.17) is 9.47 Å². The summed E-state index contributed by atoms with van der Waals surface area (Å²) in [7, 11) is 3.20. The zero-order valence-corrected chi connectivity index (χ0v) is 14.6. The van der Waals surface area contributed by atoms with Crippen molar-refractivity contribution in [2.75, 3.05) is 27.3 Å². The van der Waals surface area contributed by atoms with E-state index in [9.17, 15) is 4.79 Å². The summed E-state index contributed by atoms with van der Waals surface area (Å²) in [6.45, 7) is 1.51. The van der Waals surface area contributed by atoms with Gasteiger partial charge in [0.1, 0.15) is 6.33 Å². The van der Waals surface area contributed by atoms with Gasteiger partial charge in [-0.05, 0) is 36.6 Å². The van der Waals surface area contributed by atoms with Gasteiger partial charge >= 0.3 is 0 Å². The van der Waals surface area contributed by atoms with Crippen molar-refractivity contribution in [1.29, 1.82) is 0 Å². The highest BCUT2D eigenvalue weighted by Gasteiger charge is 2.25. The third-order valence-electron chi connectivity index (χ3n) is 4.60. The van der Waals surface area contributed by atoms with Crippen LogP contribution in [0.2, 0.25) is 0 Å². The Balaban J connectivity index is 1.67. The average Bonchev–Trinajstić information content (AvgIpc) is 2.68. The Labute approximate surface area is 147 Å². The molecule has 132 valence electrons. The maximum absolute atomic E-state index is 12.7. The first-order valence-corrected chi connectivity index (χ1v) is 8.46. The topological polar surface area (TPSA) is 64.5 Å². The van der Waals surface area contributed by atoms with Gasteiger partial charge in [-0.2, -0.15) is 0 Å². The van der Waals surface area contributed by atoms with E-state index in [1.54, 1.807) is 26.7 Å². The van der Waals surface area contributed by atoms with E-state index in [0.717, 1.165) is 30.6 Å². The van der Waals surface area contributed by atoms with Crippen molar-refractivity contribution in [3.05, 3.63) is 48.0 Å². The van der Waals surface area contributed by atoms with Gasteiger partial charge in [0.2, 0.25) is 5.91 Å². The molecule has 1 amide bonds.